The van der Waals surface area contributed by atoms with Crippen LogP contribution >= 0.6 is 23.1 Å². The van der Waals surface area contributed by atoms with Crippen molar-refractivity contribution in [1.29, 1.82) is 0 Å². The lowest BCUT2D eigenvalue weighted by molar-refractivity contribution is -0.113. The summed E-state index contributed by atoms with van der Waals surface area (Å²) in [6.45, 7) is 4.54. The lowest BCUT2D eigenvalue weighted by Gasteiger charge is -2.00. The molecule has 0 radical (unpaired) electrons. The predicted octanol–water partition coefficient (Wildman–Crippen LogP) is 4.78. The number of thioether (sulfide) groups is 1. The van der Waals surface area contributed by atoms with Crippen molar-refractivity contribution in [3.63, 3.8) is 0 Å². The number of aromatic nitrogens is 3. The zero-order chi connectivity index (χ0) is 20.2. The molecule has 4 rings (SSSR count). The maximum absolute atomic E-state index is 12.3. The number of aryl methyl sites for hydroxylation is 1. The van der Waals surface area contributed by atoms with Gasteiger partial charge in [-0.2, -0.15) is 0 Å². The molecule has 0 aliphatic rings. The number of hydrogen-bond donors (Lipinski definition) is 1. The average molecular weight is 427 g/mol. The molecule has 0 saturated carbocycles. The molecule has 148 valence electrons. The smallest absolute Gasteiger partial charge is 0.277 e. The van der Waals surface area contributed by atoms with Crippen molar-refractivity contribution in [3.05, 3.63) is 48.0 Å². The third-order valence-corrected chi connectivity index (χ3v) is 5.67. The number of ether oxygens (including phenoxy) is 1. The van der Waals surface area contributed by atoms with Crippen LogP contribution in [0.1, 0.15) is 12.5 Å². The number of nitrogens with one attached hydrogen (secondary N) is 1. The third kappa shape index (κ3) is 4.75. The lowest BCUT2D eigenvalue weighted by atomic mass is 10.1. The quantitative estimate of drug-likeness (QED) is 0.425. The Labute approximate surface area is 175 Å². The van der Waals surface area contributed by atoms with Crippen molar-refractivity contribution >= 4 is 44.4 Å². The molecule has 0 bridgehead atoms. The molecule has 0 spiro atoms. The number of anilines is 1. The van der Waals surface area contributed by atoms with Crippen LogP contribution in [0.3, 0.4) is 0 Å². The van der Waals surface area contributed by atoms with E-state index < -0.39 is 0 Å². The molecule has 1 amide bonds. The highest BCUT2D eigenvalue weighted by Crippen LogP contribution is 2.30. The van der Waals surface area contributed by atoms with Crippen molar-refractivity contribution in [3.8, 4) is 17.2 Å². The summed E-state index contributed by atoms with van der Waals surface area (Å²) in [4.78, 5) is 16.7. The van der Waals surface area contributed by atoms with Gasteiger partial charge in [-0.05, 0) is 44.2 Å². The van der Waals surface area contributed by atoms with Crippen LogP contribution in [0.4, 0.5) is 5.13 Å². The summed E-state index contributed by atoms with van der Waals surface area (Å²) in [6.07, 6.45) is 0. The second-order valence-electron chi connectivity index (χ2n) is 6.16. The molecule has 0 aliphatic carbocycles. The standard InChI is InChI=1S/C20H18N4O3S2/c1-3-26-14-7-8-15-16(10-14)29-19(21-15)22-17(25)11-28-20-24-23-18(27-20)13-6-4-5-12(2)9-13/h4-10H,3,11H2,1-2H3,(H,21,22,25). The summed E-state index contributed by atoms with van der Waals surface area (Å²) in [5.74, 6) is 1.19. The molecule has 0 aliphatic heterocycles. The van der Waals surface area contributed by atoms with Crippen LogP contribution in [0.5, 0.6) is 5.75 Å². The van der Waals surface area contributed by atoms with Gasteiger partial charge in [0.1, 0.15) is 5.75 Å². The summed E-state index contributed by atoms with van der Waals surface area (Å²) in [7, 11) is 0. The number of fused-ring (bicyclic) bond motifs is 1. The zero-order valence-electron chi connectivity index (χ0n) is 15.8. The Morgan fingerprint density at radius 3 is 2.97 bits per heavy atom. The number of amides is 1. The molecule has 7 nitrogen and oxygen atoms in total. The van der Waals surface area contributed by atoms with Crippen molar-refractivity contribution < 1.29 is 13.9 Å². The van der Waals surface area contributed by atoms with Gasteiger partial charge in [0.15, 0.2) is 5.13 Å². The minimum Gasteiger partial charge on any atom is -0.494 e. The molecule has 2 aromatic carbocycles. The van der Waals surface area contributed by atoms with Gasteiger partial charge in [0.05, 0.1) is 22.6 Å². The Bertz CT molecular complexity index is 1160. The Morgan fingerprint density at radius 1 is 1.24 bits per heavy atom. The molecule has 2 heterocycles. The number of rotatable bonds is 7. The third-order valence-electron chi connectivity index (χ3n) is 3.92. The van der Waals surface area contributed by atoms with Crippen molar-refractivity contribution in [1.82, 2.24) is 15.2 Å². The minimum absolute atomic E-state index is 0.148. The summed E-state index contributed by atoms with van der Waals surface area (Å²) < 4.78 is 12.1. The second kappa shape index (κ2) is 8.62. The minimum atomic E-state index is -0.186. The van der Waals surface area contributed by atoms with Gasteiger partial charge in [-0.3, -0.25) is 4.79 Å². The number of nitrogens with zero attached hydrogens (tertiary/aromatic N) is 3. The normalized spacial score (nSPS) is 11.0. The highest BCUT2D eigenvalue weighted by molar-refractivity contribution is 7.99. The van der Waals surface area contributed by atoms with E-state index >= 15 is 0 Å². The van der Waals surface area contributed by atoms with Crippen LogP contribution in [-0.4, -0.2) is 33.4 Å². The van der Waals surface area contributed by atoms with Gasteiger partial charge in [-0.1, -0.05) is 40.8 Å². The lowest BCUT2D eigenvalue weighted by Crippen LogP contribution is -2.13. The molecule has 29 heavy (non-hydrogen) atoms. The fraction of sp³-hybridized carbons (Fsp3) is 0.200. The average Bonchev–Trinajstić information content (AvgIpc) is 3.33. The molecule has 0 unspecified atom stereocenters. The number of carbonyl (C=O) groups excluding carboxylic acids is 1. The van der Waals surface area contributed by atoms with Crippen LogP contribution in [0.15, 0.2) is 52.1 Å². The highest BCUT2D eigenvalue weighted by atomic mass is 32.2. The Balaban J connectivity index is 1.36. The van der Waals surface area contributed by atoms with Gasteiger partial charge < -0.3 is 14.5 Å². The first-order chi connectivity index (χ1) is 14.1. The summed E-state index contributed by atoms with van der Waals surface area (Å²) in [5, 5.41) is 11.8. The number of carbonyl (C=O) groups is 1. The van der Waals surface area contributed by atoms with Gasteiger partial charge in [0.2, 0.25) is 11.8 Å². The fourth-order valence-corrected chi connectivity index (χ4v) is 4.13. The Kier molecular flexibility index (Phi) is 5.77. The zero-order valence-corrected chi connectivity index (χ0v) is 17.5. The van der Waals surface area contributed by atoms with E-state index in [2.05, 4.69) is 20.5 Å². The summed E-state index contributed by atoms with van der Waals surface area (Å²) >= 11 is 2.59. The monoisotopic (exact) mass is 426 g/mol. The second-order valence-corrected chi connectivity index (χ2v) is 8.12. The maximum Gasteiger partial charge on any atom is 0.277 e. The molecule has 9 heteroatoms. The summed E-state index contributed by atoms with van der Waals surface area (Å²) in [5.41, 5.74) is 2.79. The van der Waals surface area contributed by atoms with Gasteiger partial charge in [0, 0.05) is 5.56 Å². The predicted molar refractivity (Wildman–Crippen MR) is 115 cm³/mol. The van der Waals surface area contributed by atoms with E-state index in [4.69, 9.17) is 9.15 Å². The van der Waals surface area contributed by atoms with Crippen LogP contribution < -0.4 is 10.1 Å². The topological polar surface area (TPSA) is 90.1 Å². The molecule has 1 N–H and O–H groups in total. The van der Waals surface area contributed by atoms with Crippen LogP contribution in [0.2, 0.25) is 0 Å². The fourth-order valence-electron chi connectivity index (χ4n) is 2.66. The Hall–Kier alpha value is -2.91. The number of hydrogen-bond acceptors (Lipinski definition) is 8. The number of benzene rings is 2. The molecule has 4 aromatic rings. The molecular weight excluding hydrogens is 408 g/mol. The first kappa shape index (κ1) is 19.4. The van der Waals surface area contributed by atoms with Crippen LogP contribution in [0, 0.1) is 6.92 Å². The molecule has 2 aromatic heterocycles. The number of thiazole rings is 1. The molecule has 0 atom stereocenters. The van der Waals surface area contributed by atoms with E-state index in [0.29, 0.717) is 22.9 Å². The van der Waals surface area contributed by atoms with Crippen LogP contribution in [-0.2, 0) is 4.79 Å². The van der Waals surface area contributed by atoms with E-state index in [-0.39, 0.29) is 11.7 Å². The highest BCUT2D eigenvalue weighted by Gasteiger charge is 2.13. The molecule has 0 saturated heterocycles. The van der Waals surface area contributed by atoms with E-state index in [0.717, 1.165) is 27.1 Å². The molecular formula is C20H18N4O3S2. The van der Waals surface area contributed by atoms with E-state index in [1.54, 1.807) is 0 Å². The van der Waals surface area contributed by atoms with E-state index in [1.807, 2.05) is 56.3 Å². The first-order valence-corrected chi connectivity index (χ1v) is 10.8. The van der Waals surface area contributed by atoms with Crippen LogP contribution in [0.25, 0.3) is 21.7 Å². The maximum atomic E-state index is 12.3. The van der Waals surface area contributed by atoms with Crippen molar-refractivity contribution in [2.75, 3.05) is 17.7 Å². The van der Waals surface area contributed by atoms with Crippen molar-refractivity contribution in [2.45, 2.75) is 19.1 Å². The van der Waals surface area contributed by atoms with Gasteiger partial charge in [-0.15, -0.1) is 10.2 Å². The SMILES string of the molecule is CCOc1ccc2nc(NC(=O)CSc3nnc(-c4cccc(C)c4)o3)sc2c1. The summed E-state index contributed by atoms with van der Waals surface area (Å²) in [6, 6.07) is 13.5. The van der Waals surface area contributed by atoms with E-state index in [9.17, 15) is 4.79 Å². The van der Waals surface area contributed by atoms with Crippen molar-refractivity contribution in [2.24, 2.45) is 0 Å². The largest absolute Gasteiger partial charge is 0.494 e. The van der Waals surface area contributed by atoms with E-state index in [1.165, 1.54) is 23.1 Å². The first-order valence-electron chi connectivity index (χ1n) is 8.97. The van der Waals surface area contributed by atoms with Gasteiger partial charge in [0.25, 0.3) is 5.22 Å². The van der Waals surface area contributed by atoms with Gasteiger partial charge >= 0.3 is 0 Å². The van der Waals surface area contributed by atoms with Gasteiger partial charge in [-0.25, -0.2) is 4.98 Å². The Morgan fingerprint density at radius 2 is 2.14 bits per heavy atom. The molecule has 0 fully saturated rings.